The van der Waals surface area contributed by atoms with Gasteiger partial charge in [-0.25, -0.2) is 0 Å². The highest BCUT2D eigenvalue weighted by Crippen LogP contribution is 2.31. The summed E-state index contributed by atoms with van der Waals surface area (Å²) in [7, 11) is 1.56. The van der Waals surface area contributed by atoms with E-state index in [1.807, 2.05) is 0 Å². The Morgan fingerprint density at radius 2 is 1.88 bits per heavy atom. The number of ether oxygens (including phenoxy) is 2. The zero-order valence-electron chi connectivity index (χ0n) is 13.8. The van der Waals surface area contributed by atoms with Gasteiger partial charge in [0.15, 0.2) is 5.75 Å². The van der Waals surface area contributed by atoms with Crippen LogP contribution in [0.1, 0.15) is 12.8 Å². The molecule has 7 nitrogen and oxygen atoms in total. The number of hydrogen-bond donors (Lipinski definition) is 3. The summed E-state index contributed by atoms with van der Waals surface area (Å²) in [5, 5.41) is 11.3. The van der Waals surface area contributed by atoms with Gasteiger partial charge in [-0.3, -0.25) is 9.59 Å². The molecule has 1 amide bonds. The third kappa shape index (κ3) is 5.50. The molecule has 132 valence electrons. The Bertz CT molecular complexity index is 748. The minimum absolute atomic E-state index is 0.0556. The molecule has 0 bridgehead atoms. The molecule has 0 spiro atoms. The van der Waals surface area contributed by atoms with Crippen molar-refractivity contribution in [2.24, 2.45) is 5.73 Å². The molecule has 2 rings (SSSR count). The van der Waals surface area contributed by atoms with Gasteiger partial charge in [0.2, 0.25) is 5.91 Å². The number of para-hydroxylation sites is 2. The van der Waals surface area contributed by atoms with Crippen LogP contribution in [0.5, 0.6) is 17.2 Å². The van der Waals surface area contributed by atoms with Gasteiger partial charge in [-0.05, 0) is 30.7 Å². The van der Waals surface area contributed by atoms with Crippen molar-refractivity contribution in [2.75, 3.05) is 12.4 Å². The van der Waals surface area contributed by atoms with Crippen LogP contribution in [-0.4, -0.2) is 30.1 Å². The summed E-state index contributed by atoms with van der Waals surface area (Å²) in [6.07, 6.45) is -0.114. The van der Waals surface area contributed by atoms with E-state index in [1.54, 1.807) is 55.6 Å². The third-order valence-electron chi connectivity index (χ3n) is 3.42. The molecule has 4 N–H and O–H groups in total. The zero-order valence-corrected chi connectivity index (χ0v) is 13.8. The highest BCUT2D eigenvalue weighted by atomic mass is 16.5. The number of aliphatic carboxylic acids is 1. The molecule has 0 saturated carbocycles. The maximum atomic E-state index is 12.1. The summed E-state index contributed by atoms with van der Waals surface area (Å²) >= 11 is 0. The van der Waals surface area contributed by atoms with Gasteiger partial charge in [-0.1, -0.05) is 18.2 Å². The van der Waals surface area contributed by atoms with Crippen LogP contribution < -0.4 is 20.5 Å². The summed E-state index contributed by atoms with van der Waals surface area (Å²) in [5.74, 6) is 0.174. The van der Waals surface area contributed by atoms with Gasteiger partial charge in [0.1, 0.15) is 11.5 Å². The van der Waals surface area contributed by atoms with Crippen LogP contribution in [0.2, 0.25) is 0 Å². The Balaban J connectivity index is 2.09. The van der Waals surface area contributed by atoms with Gasteiger partial charge in [0, 0.05) is 12.5 Å². The first kappa shape index (κ1) is 18.3. The number of carbonyl (C=O) groups excluding carboxylic acids is 1. The normalized spacial score (nSPS) is 11.4. The van der Waals surface area contributed by atoms with Crippen molar-refractivity contribution < 1.29 is 24.2 Å². The Morgan fingerprint density at radius 1 is 1.16 bits per heavy atom. The van der Waals surface area contributed by atoms with Crippen LogP contribution in [0.4, 0.5) is 5.69 Å². The van der Waals surface area contributed by atoms with Crippen molar-refractivity contribution >= 4 is 17.6 Å². The Kier molecular flexibility index (Phi) is 6.36. The quantitative estimate of drug-likeness (QED) is 0.679. The SMILES string of the molecule is COc1cccc(Oc2ccccc2NC(=O)[C@@H](N)CCC(=O)O)c1. The number of hydrogen-bond acceptors (Lipinski definition) is 5. The topological polar surface area (TPSA) is 111 Å². The molecule has 0 saturated heterocycles. The van der Waals surface area contributed by atoms with Crippen molar-refractivity contribution in [1.82, 2.24) is 0 Å². The molecule has 0 radical (unpaired) electrons. The van der Waals surface area contributed by atoms with Crippen LogP contribution >= 0.6 is 0 Å². The molecule has 0 aromatic heterocycles. The molecule has 0 aliphatic carbocycles. The van der Waals surface area contributed by atoms with Crippen LogP contribution in [0.25, 0.3) is 0 Å². The Hall–Kier alpha value is -3.06. The summed E-state index contributed by atoms with van der Waals surface area (Å²) < 4.78 is 11.0. The maximum absolute atomic E-state index is 12.1. The number of benzene rings is 2. The lowest BCUT2D eigenvalue weighted by Crippen LogP contribution is -2.36. The molecule has 2 aromatic rings. The number of anilines is 1. The molecular weight excluding hydrogens is 324 g/mol. The van der Waals surface area contributed by atoms with Crippen molar-refractivity contribution in [3.8, 4) is 17.2 Å². The van der Waals surface area contributed by atoms with Gasteiger partial charge in [0.05, 0.1) is 18.8 Å². The van der Waals surface area contributed by atoms with E-state index in [0.717, 1.165) is 0 Å². The average molecular weight is 344 g/mol. The lowest BCUT2D eigenvalue weighted by atomic mass is 10.1. The highest BCUT2D eigenvalue weighted by Gasteiger charge is 2.17. The number of carboxylic acids is 1. The highest BCUT2D eigenvalue weighted by molar-refractivity contribution is 5.96. The first-order valence-corrected chi connectivity index (χ1v) is 7.69. The third-order valence-corrected chi connectivity index (χ3v) is 3.42. The van der Waals surface area contributed by atoms with Gasteiger partial charge in [-0.2, -0.15) is 0 Å². The van der Waals surface area contributed by atoms with Crippen LogP contribution in [-0.2, 0) is 9.59 Å². The van der Waals surface area contributed by atoms with E-state index in [4.69, 9.17) is 20.3 Å². The van der Waals surface area contributed by atoms with E-state index in [0.29, 0.717) is 22.9 Å². The van der Waals surface area contributed by atoms with Crippen LogP contribution in [0.3, 0.4) is 0 Å². The molecule has 0 aliphatic heterocycles. The Labute approximate surface area is 145 Å². The molecule has 7 heteroatoms. The fraction of sp³-hybridized carbons (Fsp3) is 0.222. The molecule has 25 heavy (non-hydrogen) atoms. The summed E-state index contributed by atoms with van der Waals surface area (Å²) in [4.78, 5) is 22.7. The second-order valence-corrected chi connectivity index (χ2v) is 5.31. The largest absolute Gasteiger partial charge is 0.497 e. The molecule has 2 aromatic carbocycles. The second-order valence-electron chi connectivity index (χ2n) is 5.31. The number of methoxy groups -OCH3 is 1. The number of carbonyl (C=O) groups is 2. The fourth-order valence-corrected chi connectivity index (χ4v) is 2.09. The number of carboxylic acid groups (broad SMARTS) is 1. The van der Waals surface area contributed by atoms with Crippen LogP contribution in [0.15, 0.2) is 48.5 Å². The van der Waals surface area contributed by atoms with Crippen molar-refractivity contribution in [3.05, 3.63) is 48.5 Å². The van der Waals surface area contributed by atoms with Crippen LogP contribution in [0, 0.1) is 0 Å². The molecule has 0 heterocycles. The van der Waals surface area contributed by atoms with E-state index in [9.17, 15) is 9.59 Å². The fourth-order valence-electron chi connectivity index (χ4n) is 2.09. The van der Waals surface area contributed by atoms with Crippen molar-refractivity contribution in [2.45, 2.75) is 18.9 Å². The molecule has 0 fully saturated rings. The van der Waals surface area contributed by atoms with Crippen molar-refractivity contribution in [1.29, 1.82) is 0 Å². The predicted molar refractivity (Wildman–Crippen MR) is 93.0 cm³/mol. The minimum atomic E-state index is -0.995. The molecule has 0 aliphatic rings. The van der Waals surface area contributed by atoms with E-state index < -0.39 is 17.9 Å². The predicted octanol–water partition coefficient (Wildman–Crippen LogP) is 2.62. The number of amides is 1. The van der Waals surface area contributed by atoms with E-state index >= 15 is 0 Å². The minimum Gasteiger partial charge on any atom is -0.497 e. The molecular formula is C18H20N2O5. The van der Waals surface area contributed by atoms with Gasteiger partial charge >= 0.3 is 5.97 Å². The Morgan fingerprint density at radius 3 is 2.60 bits per heavy atom. The lowest BCUT2D eigenvalue weighted by Gasteiger charge is -2.15. The summed E-state index contributed by atoms with van der Waals surface area (Å²) in [6, 6.07) is 13.1. The number of rotatable bonds is 8. The van der Waals surface area contributed by atoms with Gasteiger partial charge in [-0.15, -0.1) is 0 Å². The maximum Gasteiger partial charge on any atom is 0.303 e. The van der Waals surface area contributed by atoms with E-state index in [2.05, 4.69) is 5.32 Å². The molecule has 0 unspecified atom stereocenters. The zero-order chi connectivity index (χ0) is 18.2. The number of nitrogens with one attached hydrogen (secondary N) is 1. The number of nitrogens with two attached hydrogens (primary N) is 1. The van der Waals surface area contributed by atoms with Gasteiger partial charge in [0.25, 0.3) is 0 Å². The first-order valence-electron chi connectivity index (χ1n) is 7.69. The first-order chi connectivity index (χ1) is 12.0. The standard InChI is InChI=1S/C18H20N2O5/c1-24-12-5-4-6-13(11-12)25-16-8-3-2-7-15(16)20-18(23)14(19)9-10-17(21)22/h2-8,11,14H,9-10,19H2,1H3,(H,20,23)(H,21,22)/t14-/m0/s1. The van der Waals surface area contributed by atoms with Crippen molar-refractivity contribution in [3.63, 3.8) is 0 Å². The molecule has 1 atom stereocenters. The van der Waals surface area contributed by atoms with E-state index in [1.165, 1.54) is 0 Å². The van der Waals surface area contributed by atoms with Gasteiger partial charge < -0.3 is 25.6 Å². The monoisotopic (exact) mass is 344 g/mol. The smallest absolute Gasteiger partial charge is 0.303 e. The summed E-state index contributed by atoms with van der Waals surface area (Å²) in [5.41, 5.74) is 6.17. The van der Waals surface area contributed by atoms with E-state index in [-0.39, 0.29) is 12.8 Å². The average Bonchev–Trinajstić information content (AvgIpc) is 2.61. The second kappa shape index (κ2) is 8.70. The lowest BCUT2D eigenvalue weighted by molar-refractivity contribution is -0.137. The summed E-state index contributed by atoms with van der Waals surface area (Å²) in [6.45, 7) is 0.